The summed E-state index contributed by atoms with van der Waals surface area (Å²) in [5.41, 5.74) is 1.80. The first-order chi connectivity index (χ1) is 12.3. The number of carbonyl (C=O) groups is 3. The van der Waals surface area contributed by atoms with E-state index in [2.05, 4.69) is 10.3 Å². The second kappa shape index (κ2) is 6.91. The summed E-state index contributed by atoms with van der Waals surface area (Å²) in [6.45, 7) is 1.96. The highest BCUT2D eigenvalue weighted by atomic mass is 32.2. The number of nitrogens with one attached hydrogen (secondary N) is 1. The second-order valence-electron chi connectivity index (χ2n) is 6.18. The van der Waals surface area contributed by atoms with Gasteiger partial charge in [0, 0.05) is 12.7 Å². The zero-order valence-electron chi connectivity index (χ0n) is 15.0. The third-order valence-corrected chi connectivity index (χ3v) is 5.27. The van der Waals surface area contributed by atoms with E-state index in [0.29, 0.717) is 11.0 Å². The highest BCUT2D eigenvalue weighted by molar-refractivity contribution is 8.14. The first-order valence-electron chi connectivity index (χ1n) is 8.02. The average molecular weight is 374 g/mol. The number of aryl methyl sites for hydroxylation is 1. The van der Waals surface area contributed by atoms with E-state index in [1.807, 2.05) is 31.2 Å². The number of amidine groups is 2. The topological polar surface area (TPSA) is 85.1 Å². The van der Waals surface area contributed by atoms with Crippen LogP contribution >= 0.6 is 11.8 Å². The van der Waals surface area contributed by atoms with Gasteiger partial charge in [-0.3, -0.25) is 14.5 Å². The summed E-state index contributed by atoms with van der Waals surface area (Å²) in [5.74, 6) is 0.137. The SMILES string of the molecule is Cc1cccc(NC(=O)CSC2=NC3C(=O)N(C)C(=O)N(C)C3=[N+]2C)c1. The number of urea groups is 1. The zero-order valence-corrected chi connectivity index (χ0v) is 15.8. The number of benzene rings is 1. The molecule has 0 bridgehead atoms. The Kier molecular flexibility index (Phi) is 4.82. The van der Waals surface area contributed by atoms with Crippen LogP contribution in [0.1, 0.15) is 5.56 Å². The number of nitrogens with zero attached hydrogens (tertiary/aromatic N) is 4. The number of likely N-dealkylation sites (N-methyl/N-ethyl adjacent to an activating group) is 2. The van der Waals surface area contributed by atoms with Crippen molar-refractivity contribution in [3.05, 3.63) is 29.8 Å². The van der Waals surface area contributed by atoms with Gasteiger partial charge >= 0.3 is 6.03 Å². The molecule has 1 unspecified atom stereocenters. The summed E-state index contributed by atoms with van der Waals surface area (Å²) in [7, 11) is 4.79. The van der Waals surface area contributed by atoms with Crippen LogP contribution in [0.25, 0.3) is 0 Å². The van der Waals surface area contributed by atoms with Crippen molar-refractivity contribution in [3.8, 4) is 0 Å². The summed E-state index contributed by atoms with van der Waals surface area (Å²) in [6, 6.07) is 6.41. The second-order valence-corrected chi connectivity index (χ2v) is 7.12. The molecule has 1 aromatic rings. The molecule has 1 aromatic carbocycles. The Labute approximate surface area is 155 Å². The molecule has 0 aliphatic carbocycles. The number of anilines is 1. The van der Waals surface area contributed by atoms with Gasteiger partial charge in [0.25, 0.3) is 23.0 Å². The quantitative estimate of drug-likeness (QED) is 0.799. The van der Waals surface area contributed by atoms with Crippen molar-refractivity contribution < 1.29 is 19.0 Å². The maximum absolute atomic E-state index is 12.3. The maximum atomic E-state index is 12.3. The van der Waals surface area contributed by atoms with Gasteiger partial charge in [-0.25, -0.2) is 14.3 Å². The van der Waals surface area contributed by atoms with Crippen molar-refractivity contribution in [3.63, 3.8) is 0 Å². The molecule has 4 amide bonds. The number of carbonyl (C=O) groups excluding carboxylic acids is 3. The van der Waals surface area contributed by atoms with Crippen molar-refractivity contribution in [2.75, 3.05) is 32.2 Å². The number of imide groups is 1. The number of rotatable bonds is 3. The van der Waals surface area contributed by atoms with Crippen molar-refractivity contribution in [2.24, 2.45) is 4.99 Å². The number of thioether (sulfide) groups is 1. The predicted octanol–water partition coefficient (Wildman–Crippen LogP) is 0.970. The molecule has 2 aliphatic rings. The molecule has 0 radical (unpaired) electrons. The van der Waals surface area contributed by atoms with Crippen molar-refractivity contribution in [1.82, 2.24) is 9.80 Å². The molecule has 9 heteroatoms. The normalized spacial score (nSPS) is 19.7. The van der Waals surface area contributed by atoms with Crippen LogP contribution in [0.4, 0.5) is 10.5 Å². The summed E-state index contributed by atoms with van der Waals surface area (Å²) in [6.07, 6.45) is 0. The van der Waals surface area contributed by atoms with Crippen LogP contribution in [0.2, 0.25) is 0 Å². The van der Waals surface area contributed by atoms with E-state index in [4.69, 9.17) is 0 Å². The highest BCUT2D eigenvalue weighted by Gasteiger charge is 2.51. The Balaban J connectivity index is 1.69. The predicted molar refractivity (Wildman–Crippen MR) is 101 cm³/mol. The number of aliphatic imine (C=N–C) groups is 1. The third kappa shape index (κ3) is 3.22. The Morgan fingerprint density at radius 3 is 2.73 bits per heavy atom. The molecule has 2 aliphatic heterocycles. The van der Waals surface area contributed by atoms with Crippen molar-refractivity contribution in [2.45, 2.75) is 13.0 Å². The summed E-state index contributed by atoms with van der Waals surface area (Å²) >= 11 is 1.23. The van der Waals surface area contributed by atoms with E-state index < -0.39 is 12.1 Å². The fraction of sp³-hybridized carbons (Fsp3) is 0.353. The molecule has 26 heavy (non-hydrogen) atoms. The minimum absolute atomic E-state index is 0.152. The number of fused-ring (bicyclic) bond motifs is 1. The third-order valence-electron chi connectivity index (χ3n) is 4.23. The monoisotopic (exact) mass is 374 g/mol. The van der Waals surface area contributed by atoms with Crippen LogP contribution < -0.4 is 5.32 Å². The molecule has 1 atom stereocenters. The first-order valence-corrected chi connectivity index (χ1v) is 9.01. The van der Waals surface area contributed by atoms with E-state index in [1.54, 1.807) is 18.7 Å². The molecule has 0 spiro atoms. The van der Waals surface area contributed by atoms with Gasteiger partial charge in [-0.15, -0.1) is 4.99 Å². The molecule has 2 heterocycles. The van der Waals surface area contributed by atoms with Crippen LogP contribution in [0, 0.1) is 6.92 Å². The van der Waals surface area contributed by atoms with Crippen LogP contribution in [0.5, 0.6) is 0 Å². The van der Waals surface area contributed by atoms with E-state index in [9.17, 15) is 14.4 Å². The zero-order chi connectivity index (χ0) is 19.0. The van der Waals surface area contributed by atoms with Gasteiger partial charge in [-0.2, -0.15) is 0 Å². The fourth-order valence-corrected chi connectivity index (χ4v) is 3.69. The van der Waals surface area contributed by atoms with Crippen LogP contribution in [0.15, 0.2) is 29.3 Å². The van der Waals surface area contributed by atoms with Crippen LogP contribution in [0.3, 0.4) is 0 Å². The molecule has 136 valence electrons. The van der Waals surface area contributed by atoms with Gasteiger partial charge in [0.2, 0.25) is 5.91 Å². The Bertz CT molecular complexity index is 864. The fourth-order valence-electron chi connectivity index (χ4n) is 2.90. The Hall–Kier alpha value is -2.68. The van der Waals surface area contributed by atoms with Crippen molar-refractivity contribution in [1.29, 1.82) is 0 Å². The number of hydrogen-bond donors (Lipinski definition) is 1. The molecule has 0 aromatic heterocycles. The van der Waals surface area contributed by atoms with Crippen LogP contribution in [-0.2, 0) is 9.59 Å². The molecule has 0 saturated carbocycles. The lowest BCUT2D eigenvalue weighted by molar-refractivity contribution is -0.367. The average Bonchev–Trinajstić information content (AvgIpc) is 2.93. The number of amides is 4. The van der Waals surface area contributed by atoms with E-state index >= 15 is 0 Å². The van der Waals surface area contributed by atoms with Crippen LogP contribution in [-0.4, -0.2) is 76.2 Å². The van der Waals surface area contributed by atoms with E-state index in [1.165, 1.54) is 23.7 Å². The minimum Gasteiger partial charge on any atom is -0.325 e. The van der Waals surface area contributed by atoms with Gasteiger partial charge in [0.1, 0.15) is 0 Å². The van der Waals surface area contributed by atoms with Gasteiger partial charge < -0.3 is 5.32 Å². The largest absolute Gasteiger partial charge is 0.388 e. The smallest absolute Gasteiger partial charge is 0.325 e. The Morgan fingerprint density at radius 1 is 1.31 bits per heavy atom. The molecule has 1 saturated heterocycles. The van der Waals surface area contributed by atoms with Gasteiger partial charge in [0.05, 0.1) is 19.8 Å². The number of hydrogen-bond acceptors (Lipinski definition) is 5. The van der Waals surface area contributed by atoms with E-state index in [0.717, 1.165) is 16.2 Å². The standard InChI is InChI=1S/C17H19N5O3S/c1-10-6-5-7-11(8-10)18-12(23)9-26-16-19-13-14(20(16)2)21(3)17(25)22(4)15(13)24/h5-8,13H,9H2,1-4H3/p+1. The molecule has 1 fully saturated rings. The lowest BCUT2D eigenvalue weighted by Crippen LogP contribution is -2.59. The summed E-state index contributed by atoms with van der Waals surface area (Å²) in [5, 5.41) is 3.37. The first kappa shape index (κ1) is 18.1. The van der Waals surface area contributed by atoms with Gasteiger partial charge in [-0.05, 0) is 36.4 Å². The molecule has 3 rings (SSSR count). The molecular weight excluding hydrogens is 354 g/mol. The van der Waals surface area contributed by atoms with Crippen molar-refractivity contribution >= 4 is 46.3 Å². The minimum atomic E-state index is -0.741. The Morgan fingerprint density at radius 2 is 2.04 bits per heavy atom. The lowest BCUT2D eigenvalue weighted by Gasteiger charge is -2.27. The van der Waals surface area contributed by atoms with E-state index in [-0.39, 0.29) is 17.6 Å². The molecule has 1 N–H and O–H groups in total. The summed E-state index contributed by atoms with van der Waals surface area (Å²) in [4.78, 5) is 43.4. The molecular formula is C17H20N5O3S+. The van der Waals surface area contributed by atoms with Gasteiger partial charge in [-0.1, -0.05) is 12.1 Å². The molecule has 8 nitrogen and oxygen atoms in total. The summed E-state index contributed by atoms with van der Waals surface area (Å²) < 4.78 is 1.69. The van der Waals surface area contributed by atoms with Gasteiger partial charge in [0.15, 0.2) is 0 Å². The lowest BCUT2D eigenvalue weighted by atomic mass is 10.2. The maximum Gasteiger partial charge on any atom is 0.388 e. The highest BCUT2D eigenvalue weighted by Crippen LogP contribution is 2.22.